The second kappa shape index (κ2) is 3.05. The van der Waals surface area contributed by atoms with E-state index in [0.717, 1.165) is 0 Å². The molecule has 3 nitrogen and oxygen atoms in total. The predicted octanol–water partition coefficient (Wildman–Crippen LogP) is -0.0775. The molecule has 0 saturated carbocycles. The van der Waals surface area contributed by atoms with Gasteiger partial charge in [-0.2, -0.15) is 0 Å². The fraction of sp³-hybridized carbons (Fsp3) is 0.500. The number of thioether (sulfide) groups is 1. The Labute approximate surface area is 63.8 Å². The summed E-state index contributed by atoms with van der Waals surface area (Å²) in [6.07, 6.45) is 0. The van der Waals surface area contributed by atoms with Gasteiger partial charge in [0.2, 0.25) is 11.0 Å². The van der Waals surface area contributed by atoms with Gasteiger partial charge in [-0.25, -0.2) is 0 Å². The monoisotopic (exact) mass is 158 g/mol. The van der Waals surface area contributed by atoms with Crippen molar-refractivity contribution in [1.29, 1.82) is 0 Å². The number of amides is 1. The van der Waals surface area contributed by atoms with Crippen molar-refractivity contribution in [1.82, 2.24) is 4.90 Å². The zero-order chi connectivity index (χ0) is 7.56. The summed E-state index contributed by atoms with van der Waals surface area (Å²) in [7, 11) is 0. The quantitative estimate of drug-likeness (QED) is 0.495. The van der Waals surface area contributed by atoms with Gasteiger partial charge in [-0.15, -0.1) is 0 Å². The number of rotatable bonds is 0. The van der Waals surface area contributed by atoms with Gasteiger partial charge in [-0.05, 0) is 0 Å². The third kappa shape index (κ3) is 1.73. The molecular weight excluding hydrogens is 150 g/mol. The SMILES string of the molecule is [CH2]C(=O)N1CCSC(=O)C1. The Kier molecular flexibility index (Phi) is 2.32. The van der Waals surface area contributed by atoms with Crippen molar-refractivity contribution < 1.29 is 9.59 Å². The summed E-state index contributed by atoms with van der Waals surface area (Å²) < 4.78 is 0. The Balaban J connectivity index is 2.47. The van der Waals surface area contributed by atoms with Crippen LogP contribution in [0, 0.1) is 6.92 Å². The maximum atomic E-state index is 10.7. The molecular formula is C6H8NO2S. The third-order valence-corrected chi connectivity index (χ3v) is 2.13. The van der Waals surface area contributed by atoms with E-state index >= 15 is 0 Å². The maximum Gasteiger partial charge on any atom is 0.223 e. The first-order chi connectivity index (χ1) is 4.70. The van der Waals surface area contributed by atoms with E-state index in [1.165, 1.54) is 16.7 Å². The van der Waals surface area contributed by atoms with Crippen LogP contribution < -0.4 is 0 Å². The average molecular weight is 158 g/mol. The van der Waals surface area contributed by atoms with Crippen molar-refractivity contribution in [2.45, 2.75) is 0 Å². The maximum absolute atomic E-state index is 10.7. The van der Waals surface area contributed by atoms with Gasteiger partial charge < -0.3 is 4.90 Å². The minimum atomic E-state index is -0.256. The van der Waals surface area contributed by atoms with Crippen molar-refractivity contribution in [2.75, 3.05) is 18.8 Å². The van der Waals surface area contributed by atoms with Crippen molar-refractivity contribution >= 4 is 22.8 Å². The van der Waals surface area contributed by atoms with Gasteiger partial charge in [0.25, 0.3) is 0 Å². The van der Waals surface area contributed by atoms with Crippen molar-refractivity contribution in [3.63, 3.8) is 0 Å². The van der Waals surface area contributed by atoms with Crippen LogP contribution in [-0.2, 0) is 9.59 Å². The predicted molar refractivity (Wildman–Crippen MR) is 39.4 cm³/mol. The minimum Gasteiger partial charge on any atom is -0.334 e. The molecule has 4 heteroatoms. The summed E-state index contributed by atoms with van der Waals surface area (Å²) in [5.41, 5.74) is 0. The van der Waals surface area contributed by atoms with Crippen LogP contribution in [-0.4, -0.2) is 34.8 Å². The molecule has 0 spiro atoms. The molecule has 10 heavy (non-hydrogen) atoms. The van der Waals surface area contributed by atoms with Crippen molar-refractivity contribution in [3.8, 4) is 0 Å². The summed E-state index contributed by atoms with van der Waals surface area (Å²) in [4.78, 5) is 22.8. The lowest BCUT2D eigenvalue weighted by molar-refractivity contribution is -0.129. The molecule has 1 fully saturated rings. The first-order valence-electron chi connectivity index (χ1n) is 2.96. The fourth-order valence-electron chi connectivity index (χ4n) is 0.763. The molecule has 55 valence electrons. The Morgan fingerprint density at radius 1 is 1.70 bits per heavy atom. The van der Waals surface area contributed by atoms with Crippen LogP contribution in [0.15, 0.2) is 0 Å². The molecule has 1 radical (unpaired) electrons. The number of hydrogen-bond donors (Lipinski definition) is 0. The van der Waals surface area contributed by atoms with Crippen LogP contribution in [0.4, 0.5) is 0 Å². The lowest BCUT2D eigenvalue weighted by atomic mass is 10.5. The lowest BCUT2D eigenvalue weighted by Gasteiger charge is -2.23. The molecule has 1 aliphatic rings. The van der Waals surface area contributed by atoms with Crippen LogP contribution in [0.5, 0.6) is 0 Å². The van der Waals surface area contributed by atoms with Crippen LogP contribution in [0.3, 0.4) is 0 Å². The molecule has 0 N–H and O–H groups in total. The molecule has 0 atom stereocenters. The Morgan fingerprint density at radius 2 is 2.40 bits per heavy atom. The Hall–Kier alpha value is -0.510. The molecule has 0 aromatic heterocycles. The Morgan fingerprint density at radius 3 is 2.80 bits per heavy atom. The molecule has 0 bridgehead atoms. The highest BCUT2D eigenvalue weighted by Crippen LogP contribution is 2.10. The van der Waals surface area contributed by atoms with E-state index in [9.17, 15) is 9.59 Å². The molecule has 1 rings (SSSR count). The minimum absolute atomic E-state index is 0.0586. The van der Waals surface area contributed by atoms with E-state index in [-0.39, 0.29) is 17.6 Å². The zero-order valence-electron chi connectivity index (χ0n) is 5.50. The summed E-state index contributed by atoms with van der Waals surface area (Å²) in [6, 6.07) is 0. The standard InChI is InChI=1S/C6H8NO2S/c1-5(8)7-2-3-10-6(9)4-7/h1-4H2. The van der Waals surface area contributed by atoms with Gasteiger partial charge in [0.15, 0.2) is 0 Å². The van der Waals surface area contributed by atoms with Gasteiger partial charge in [-0.1, -0.05) is 11.8 Å². The molecule has 0 unspecified atom stereocenters. The second-order valence-electron chi connectivity index (χ2n) is 2.04. The highest BCUT2D eigenvalue weighted by Gasteiger charge is 2.18. The van der Waals surface area contributed by atoms with E-state index in [0.29, 0.717) is 12.3 Å². The molecule has 0 aromatic carbocycles. The number of nitrogens with zero attached hydrogens (tertiary/aromatic N) is 1. The first kappa shape index (κ1) is 7.60. The first-order valence-corrected chi connectivity index (χ1v) is 3.95. The molecule has 1 amide bonds. The van der Waals surface area contributed by atoms with E-state index in [4.69, 9.17) is 0 Å². The zero-order valence-corrected chi connectivity index (χ0v) is 6.32. The summed E-state index contributed by atoms with van der Waals surface area (Å²) in [5, 5.41) is 0.0586. The highest BCUT2D eigenvalue weighted by molar-refractivity contribution is 8.13. The van der Waals surface area contributed by atoms with Gasteiger partial charge in [0.1, 0.15) is 0 Å². The fourth-order valence-corrected chi connectivity index (χ4v) is 1.55. The lowest BCUT2D eigenvalue weighted by Crippen LogP contribution is -2.38. The number of hydrogen-bond acceptors (Lipinski definition) is 3. The van der Waals surface area contributed by atoms with E-state index < -0.39 is 0 Å². The number of carbonyl (C=O) groups excluding carboxylic acids is 2. The van der Waals surface area contributed by atoms with Gasteiger partial charge >= 0.3 is 0 Å². The van der Waals surface area contributed by atoms with Crippen molar-refractivity contribution in [2.24, 2.45) is 0 Å². The van der Waals surface area contributed by atoms with E-state index in [1.807, 2.05) is 0 Å². The van der Waals surface area contributed by atoms with E-state index in [1.54, 1.807) is 0 Å². The van der Waals surface area contributed by atoms with Gasteiger partial charge in [-0.3, -0.25) is 9.59 Å². The molecule has 1 heterocycles. The summed E-state index contributed by atoms with van der Waals surface area (Å²) in [6.45, 7) is 4.10. The van der Waals surface area contributed by atoms with Gasteiger partial charge in [0.05, 0.1) is 6.54 Å². The molecule has 1 saturated heterocycles. The van der Waals surface area contributed by atoms with Crippen LogP contribution >= 0.6 is 11.8 Å². The van der Waals surface area contributed by atoms with Crippen LogP contribution in [0.25, 0.3) is 0 Å². The highest BCUT2D eigenvalue weighted by atomic mass is 32.2. The molecule has 1 aliphatic heterocycles. The van der Waals surface area contributed by atoms with Crippen molar-refractivity contribution in [3.05, 3.63) is 6.92 Å². The van der Waals surface area contributed by atoms with E-state index in [2.05, 4.69) is 6.92 Å². The summed E-state index contributed by atoms with van der Waals surface area (Å²) in [5.74, 6) is 0.453. The number of carbonyl (C=O) groups is 2. The average Bonchev–Trinajstić information content (AvgIpc) is 1.88. The summed E-state index contributed by atoms with van der Waals surface area (Å²) >= 11 is 1.28. The largest absolute Gasteiger partial charge is 0.334 e. The van der Waals surface area contributed by atoms with Crippen LogP contribution in [0.2, 0.25) is 0 Å². The molecule has 0 aliphatic carbocycles. The van der Waals surface area contributed by atoms with Crippen LogP contribution in [0.1, 0.15) is 0 Å². The normalized spacial score (nSPS) is 19.3. The Bertz CT molecular complexity index is 167. The topological polar surface area (TPSA) is 37.4 Å². The molecule has 0 aromatic rings. The smallest absolute Gasteiger partial charge is 0.223 e. The third-order valence-electron chi connectivity index (χ3n) is 1.30. The second-order valence-corrected chi connectivity index (χ2v) is 3.19. The van der Waals surface area contributed by atoms with Gasteiger partial charge in [0, 0.05) is 19.2 Å².